The summed E-state index contributed by atoms with van der Waals surface area (Å²) < 4.78 is 18.8. The lowest BCUT2D eigenvalue weighted by Gasteiger charge is -2.32. The number of aromatic hydroxyl groups is 1. The minimum absolute atomic E-state index is 0.0116. The van der Waals surface area contributed by atoms with E-state index in [9.17, 15) is 19.1 Å². The largest absolute Gasteiger partial charge is 0.508 e. The lowest BCUT2D eigenvalue weighted by molar-refractivity contribution is -0.127. The van der Waals surface area contributed by atoms with Crippen LogP contribution in [0.4, 0.5) is 4.39 Å². The number of amides is 2. The minimum atomic E-state index is -0.652. The van der Waals surface area contributed by atoms with E-state index < -0.39 is 11.7 Å². The van der Waals surface area contributed by atoms with Crippen LogP contribution in [0.3, 0.4) is 0 Å². The van der Waals surface area contributed by atoms with Gasteiger partial charge in [0.2, 0.25) is 5.91 Å². The van der Waals surface area contributed by atoms with Crippen molar-refractivity contribution >= 4 is 11.8 Å². The first-order valence-electron chi connectivity index (χ1n) is 8.18. The zero-order chi connectivity index (χ0) is 17.1. The Morgan fingerprint density at radius 3 is 2.62 bits per heavy atom. The predicted molar refractivity (Wildman–Crippen MR) is 84.0 cm³/mol. The van der Waals surface area contributed by atoms with Crippen LogP contribution in [0, 0.1) is 17.7 Å². The Morgan fingerprint density at radius 1 is 1.29 bits per heavy atom. The summed E-state index contributed by atoms with van der Waals surface area (Å²) in [6, 6.07) is 3.42. The average molecular weight is 336 g/mol. The van der Waals surface area contributed by atoms with E-state index in [2.05, 4.69) is 5.32 Å². The number of nitrogens with zero attached hydrogens (tertiary/aromatic N) is 1. The van der Waals surface area contributed by atoms with Crippen LogP contribution in [0.5, 0.6) is 5.75 Å². The second-order valence-corrected chi connectivity index (χ2v) is 6.38. The lowest BCUT2D eigenvalue weighted by Crippen LogP contribution is -2.45. The van der Waals surface area contributed by atoms with Gasteiger partial charge in [-0.2, -0.15) is 0 Å². The zero-order valence-corrected chi connectivity index (χ0v) is 13.3. The maximum absolute atomic E-state index is 13.8. The molecule has 24 heavy (non-hydrogen) atoms. The number of piperidine rings is 1. The van der Waals surface area contributed by atoms with Gasteiger partial charge < -0.3 is 20.1 Å². The van der Waals surface area contributed by atoms with Gasteiger partial charge in [-0.15, -0.1) is 0 Å². The first kappa shape index (κ1) is 16.7. The molecule has 2 aliphatic rings. The Balaban J connectivity index is 1.51. The van der Waals surface area contributed by atoms with Crippen molar-refractivity contribution < 1.29 is 23.8 Å². The molecule has 2 N–H and O–H groups in total. The standard InChI is InChI=1S/C17H21FN2O4/c18-15-2-1-13(21)7-14(15)17(23)20-5-3-12(4-6-20)16(22)19-8-11-9-24-10-11/h1-2,7,11-12,21H,3-6,8-10H2,(H,19,22). The van der Waals surface area contributed by atoms with Gasteiger partial charge in [0.1, 0.15) is 11.6 Å². The highest BCUT2D eigenvalue weighted by Crippen LogP contribution is 2.22. The molecule has 2 amide bonds. The molecular weight excluding hydrogens is 315 g/mol. The fourth-order valence-electron chi connectivity index (χ4n) is 2.98. The summed E-state index contributed by atoms with van der Waals surface area (Å²) in [5.74, 6) is -0.950. The van der Waals surface area contributed by atoms with Crippen molar-refractivity contribution in [2.45, 2.75) is 12.8 Å². The minimum Gasteiger partial charge on any atom is -0.508 e. The topological polar surface area (TPSA) is 78.9 Å². The van der Waals surface area contributed by atoms with Crippen molar-refractivity contribution in [1.82, 2.24) is 10.2 Å². The average Bonchev–Trinajstić information content (AvgIpc) is 2.55. The molecule has 1 aromatic rings. The van der Waals surface area contributed by atoms with Crippen molar-refractivity contribution in [3.05, 3.63) is 29.6 Å². The molecule has 0 unspecified atom stereocenters. The highest BCUT2D eigenvalue weighted by Gasteiger charge is 2.29. The van der Waals surface area contributed by atoms with Crippen molar-refractivity contribution in [1.29, 1.82) is 0 Å². The Bertz CT molecular complexity index is 625. The normalized spacial score (nSPS) is 19.0. The van der Waals surface area contributed by atoms with Crippen molar-refractivity contribution in [3.63, 3.8) is 0 Å². The highest BCUT2D eigenvalue weighted by molar-refractivity contribution is 5.95. The Hall–Kier alpha value is -2.15. The molecule has 7 heteroatoms. The summed E-state index contributed by atoms with van der Waals surface area (Å²) in [4.78, 5) is 26.0. The fourth-order valence-corrected chi connectivity index (χ4v) is 2.98. The molecule has 1 aromatic carbocycles. The molecule has 0 spiro atoms. The van der Waals surface area contributed by atoms with Gasteiger partial charge in [0.25, 0.3) is 5.91 Å². The molecule has 0 radical (unpaired) electrons. The molecule has 2 heterocycles. The van der Waals surface area contributed by atoms with E-state index in [1.165, 1.54) is 11.0 Å². The van der Waals surface area contributed by atoms with Crippen LogP contribution in [-0.4, -0.2) is 54.7 Å². The quantitative estimate of drug-likeness (QED) is 0.864. The molecule has 0 bridgehead atoms. The first-order valence-corrected chi connectivity index (χ1v) is 8.18. The van der Waals surface area contributed by atoms with Crippen LogP contribution in [0.1, 0.15) is 23.2 Å². The number of rotatable bonds is 4. The third kappa shape index (κ3) is 3.67. The maximum Gasteiger partial charge on any atom is 0.256 e. The fraction of sp³-hybridized carbons (Fsp3) is 0.529. The number of phenolic OH excluding ortho intramolecular Hbond substituents is 1. The lowest BCUT2D eigenvalue weighted by atomic mass is 9.95. The second-order valence-electron chi connectivity index (χ2n) is 6.38. The predicted octanol–water partition coefficient (Wildman–Crippen LogP) is 1.15. The number of likely N-dealkylation sites (tertiary alicyclic amines) is 1. The van der Waals surface area contributed by atoms with E-state index in [4.69, 9.17) is 4.74 Å². The van der Waals surface area contributed by atoms with Gasteiger partial charge in [0.15, 0.2) is 0 Å². The molecule has 130 valence electrons. The Morgan fingerprint density at radius 2 is 2.00 bits per heavy atom. The number of nitrogens with one attached hydrogen (secondary N) is 1. The maximum atomic E-state index is 13.8. The van der Waals surface area contributed by atoms with Crippen molar-refractivity contribution in [2.75, 3.05) is 32.8 Å². The van der Waals surface area contributed by atoms with Gasteiger partial charge in [-0.05, 0) is 31.0 Å². The number of carbonyl (C=O) groups is 2. The molecule has 2 aliphatic heterocycles. The van der Waals surface area contributed by atoms with Crippen molar-refractivity contribution in [3.8, 4) is 5.75 Å². The van der Waals surface area contributed by atoms with Crippen LogP contribution in [-0.2, 0) is 9.53 Å². The van der Waals surface area contributed by atoms with E-state index in [0.717, 1.165) is 12.1 Å². The van der Waals surface area contributed by atoms with Crippen molar-refractivity contribution in [2.24, 2.45) is 11.8 Å². The van der Waals surface area contributed by atoms with Gasteiger partial charge in [-0.25, -0.2) is 4.39 Å². The zero-order valence-electron chi connectivity index (χ0n) is 13.3. The highest BCUT2D eigenvalue weighted by atomic mass is 19.1. The van der Waals surface area contributed by atoms with Crippen LogP contribution in [0.2, 0.25) is 0 Å². The molecule has 2 fully saturated rings. The van der Waals surface area contributed by atoms with Crippen LogP contribution < -0.4 is 5.32 Å². The molecule has 6 nitrogen and oxygen atoms in total. The SMILES string of the molecule is O=C(NCC1COC1)C1CCN(C(=O)c2cc(O)ccc2F)CC1. The van der Waals surface area contributed by atoms with Gasteiger partial charge >= 0.3 is 0 Å². The third-order valence-electron chi connectivity index (χ3n) is 4.61. The first-order chi connectivity index (χ1) is 11.5. The van der Waals surface area contributed by atoms with E-state index >= 15 is 0 Å². The third-order valence-corrected chi connectivity index (χ3v) is 4.61. The number of hydrogen-bond acceptors (Lipinski definition) is 4. The summed E-state index contributed by atoms with van der Waals surface area (Å²) in [7, 11) is 0. The molecular formula is C17H21FN2O4. The van der Waals surface area contributed by atoms with Gasteiger partial charge in [-0.3, -0.25) is 9.59 Å². The number of hydrogen-bond donors (Lipinski definition) is 2. The molecule has 3 rings (SSSR count). The van der Waals surface area contributed by atoms with Crippen LogP contribution >= 0.6 is 0 Å². The monoisotopic (exact) mass is 336 g/mol. The molecule has 0 aliphatic carbocycles. The van der Waals surface area contributed by atoms with E-state index in [-0.39, 0.29) is 23.1 Å². The summed E-state index contributed by atoms with van der Waals surface area (Å²) in [6.07, 6.45) is 1.11. The molecule has 0 atom stereocenters. The molecule has 0 saturated carbocycles. The van der Waals surface area contributed by atoms with Gasteiger partial charge in [0, 0.05) is 31.5 Å². The van der Waals surface area contributed by atoms with Crippen LogP contribution in [0.25, 0.3) is 0 Å². The van der Waals surface area contributed by atoms with Gasteiger partial charge in [-0.1, -0.05) is 0 Å². The van der Waals surface area contributed by atoms with E-state index in [1.54, 1.807) is 0 Å². The number of benzene rings is 1. The van der Waals surface area contributed by atoms with E-state index in [1.807, 2.05) is 0 Å². The molecule has 0 aromatic heterocycles. The Labute approximate surface area is 139 Å². The number of ether oxygens (including phenoxy) is 1. The van der Waals surface area contributed by atoms with Crippen LogP contribution in [0.15, 0.2) is 18.2 Å². The smallest absolute Gasteiger partial charge is 0.256 e. The van der Waals surface area contributed by atoms with E-state index in [0.29, 0.717) is 51.6 Å². The number of halogens is 1. The Kier molecular flexibility index (Phi) is 4.99. The molecule has 2 saturated heterocycles. The summed E-state index contributed by atoms with van der Waals surface area (Å²) >= 11 is 0. The number of phenols is 1. The summed E-state index contributed by atoms with van der Waals surface area (Å²) in [5.41, 5.74) is -0.136. The summed E-state index contributed by atoms with van der Waals surface area (Å²) in [5, 5.41) is 12.4. The van der Waals surface area contributed by atoms with Gasteiger partial charge in [0.05, 0.1) is 18.8 Å². The summed E-state index contributed by atoms with van der Waals surface area (Å²) in [6.45, 7) is 2.83. The number of carbonyl (C=O) groups excluding carboxylic acids is 2. The second kappa shape index (κ2) is 7.17.